The van der Waals surface area contributed by atoms with Crippen LogP contribution in [0.5, 0.6) is 0 Å². The average Bonchev–Trinajstić information content (AvgIpc) is 3.25. The molecule has 1 aromatic rings. The quantitative estimate of drug-likeness (QED) is 0.495. The normalized spacial score (nSPS) is 35.2. The van der Waals surface area contributed by atoms with E-state index in [1.54, 1.807) is 0 Å². The molecule has 1 aliphatic heterocycles. The molecule has 3 aliphatic carbocycles. The van der Waals surface area contributed by atoms with Crippen LogP contribution in [0.1, 0.15) is 64.9 Å². The predicted octanol–water partition coefficient (Wildman–Crippen LogP) is 6.05. The molecule has 0 aromatic heterocycles. The number of hydrogen-bond donors (Lipinski definition) is 1. The maximum absolute atomic E-state index is 13.7. The first-order valence-corrected chi connectivity index (χ1v) is 15.1. The molecule has 0 spiro atoms. The largest absolute Gasteiger partial charge is 0.416 e. The number of carbonyl (C=O) groups is 2. The molecule has 208 valence electrons. The van der Waals surface area contributed by atoms with E-state index in [1.165, 1.54) is 30.0 Å². The van der Waals surface area contributed by atoms with E-state index < -0.39 is 44.1 Å². The van der Waals surface area contributed by atoms with Gasteiger partial charge in [0.05, 0.1) is 5.56 Å². The van der Waals surface area contributed by atoms with Gasteiger partial charge in [0.2, 0.25) is 0 Å². The van der Waals surface area contributed by atoms with Crippen molar-refractivity contribution >= 4 is 27.3 Å². The Kier molecular flexibility index (Phi) is 6.52. The molecular formula is C28H35F3N2O4S. The number of rotatable bonds is 3. The van der Waals surface area contributed by atoms with Gasteiger partial charge < -0.3 is 5.32 Å². The number of hydrogen-bond acceptors (Lipinski definition) is 4. The zero-order chi connectivity index (χ0) is 27.7. The minimum Gasteiger partial charge on any atom is -0.308 e. The number of ketones is 1. The topological polar surface area (TPSA) is 83.6 Å². The number of nitrogens with zero attached hydrogens (tertiary/aromatic N) is 1. The van der Waals surface area contributed by atoms with Crippen molar-refractivity contribution in [3.63, 3.8) is 0 Å². The Morgan fingerprint density at radius 2 is 1.89 bits per heavy atom. The van der Waals surface area contributed by atoms with Crippen molar-refractivity contribution < 1.29 is 31.2 Å². The molecule has 4 aliphatic rings. The first-order chi connectivity index (χ1) is 17.7. The maximum Gasteiger partial charge on any atom is 0.416 e. The molecule has 1 heterocycles. The van der Waals surface area contributed by atoms with Gasteiger partial charge in [-0.2, -0.15) is 13.2 Å². The molecule has 2 amide bonds. The van der Waals surface area contributed by atoms with E-state index in [1.807, 2.05) is 6.92 Å². The highest BCUT2D eigenvalue weighted by Crippen LogP contribution is 2.64. The number of piperidine rings is 1. The van der Waals surface area contributed by atoms with Crippen LogP contribution in [0.15, 0.2) is 36.0 Å². The zero-order valence-electron chi connectivity index (χ0n) is 22.0. The van der Waals surface area contributed by atoms with Crippen molar-refractivity contribution in [3.05, 3.63) is 41.6 Å². The van der Waals surface area contributed by atoms with Crippen molar-refractivity contribution in [1.29, 1.82) is 0 Å². The van der Waals surface area contributed by atoms with Gasteiger partial charge in [0.25, 0.3) is 0 Å². The van der Waals surface area contributed by atoms with Gasteiger partial charge >= 0.3 is 12.2 Å². The molecule has 3 fully saturated rings. The number of sulfone groups is 1. The molecule has 0 radical (unpaired) electrons. The van der Waals surface area contributed by atoms with E-state index in [4.69, 9.17) is 0 Å². The highest BCUT2D eigenvalue weighted by Gasteiger charge is 2.60. The predicted molar refractivity (Wildman–Crippen MR) is 138 cm³/mol. The lowest BCUT2D eigenvalue weighted by Crippen LogP contribution is -2.60. The van der Waals surface area contributed by atoms with Gasteiger partial charge in [-0.1, -0.05) is 33.3 Å². The lowest BCUT2D eigenvalue weighted by Gasteiger charge is -2.60. The second-order valence-corrected chi connectivity index (χ2v) is 14.5. The summed E-state index contributed by atoms with van der Waals surface area (Å²) in [6.07, 6.45) is 2.06. The molecule has 1 unspecified atom stereocenters. The summed E-state index contributed by atoms with van der Waals surface area (Å²) in [5.74, 6) is -0.0791. The summed E-state index contributed by atoms with van der Waals surface area (Å²) in [6.45, 7) is 6.17. The van der Waals surface area contributed by atoms with Crippen LogP contribution in [0.3, 0.4) is 0 Å². The number of carbonyl (C=O) groups excluding carboxylic acids is 2. The summed E-state index contributed by atoms with van der Waals surface area (Å²) in [5.41, 5.74) is -0.942. The molecule has 0 bridgehead atoms. The fourth-order valence-corrected chi connectivity index (χ4v) is 9.43. The number of allylic oxidation sites excluding steroid dienone is 2. The molecule has 6 atom stereocenters. The SMILES string of the molecule is CCS(=O)(=O)C1C[C@@]2(C)C(=CC1=O)N(C(=O)Nc1cccc(C(F)(F)F)c1)C[C@H]1[C@@H]3CCC[C@@]3(C)CC[C@@H]12. The minimum atomic E-state index is -4.55. The Labute approximate surface area is 222 Å². The summed E-state index contributed by atoms with van der Waals surface area (Å²) in [7, 11) is -3.65. The van der Waals surface area contributed by atoms with Crippen molar-refractivity contribution in [2.24, 2.45) is 28.6 Å². The van der Waals surface area contributed by atoms with E-state index in [0.717, 1.165) is 44.2 Å². The molecule has 1 N–H and O–H groups in total. The molecule has 6 nitrogen and oxygen atoms in total. The molecular weight excluding hydrogens is 517 g/mol. The van der Waals surface area contributed by atoms with E-state index >= 15 is 0 Å². The van der Waals surface area contributed by atoms with Crippen LogP contribution in [0.4, 0.5) is 23.7 Å². The van der Waals surface area contributed by atoms with Crippen LogP contribution in [0, 0.1) is 28.6 Å². The Bertz CT molecular complexity index is 1290. The standard InChI is InChI=1S/C28H35F3N2O4S/c1-4-38(36,37)23-15-27(3)21-10-12-26(2)11-6-9-20(26)19(21)16-33(24(27)14-22(23)34)25(35)32-18-8-5-7-17(13-18)28(29,30)31/h5,7-8,13-14,19-21,23H,4,6,9-12,15-16H2,1-3H3,(H,32,35)/t19-,20-,21-,23?,26-,27+/m0/s1. The van der Waals surface area contributed by atoms with Crippen LogP contribution in [-0.4, -0.2) is 42.7 Å². The first-order valence-electron chi connectivity index (χ1n) is 13.4. The fraction of sp³-hybridized carbons (Fsp3) is 0.643. The molecule has 10 heteroatoms. The van der Waals surface area contributed by atoms with Crippen LogP contribution in [0.25, 0.3) is 0 Å². The molecule has 5 rings (SSSR count). The fourth-order valence-electron chi connectivity index (χ4n) is 8.01. The van der Waals surface area contributed by atoms with E-state index in [0.29, 0.717) is 18.2 Å². The highest BCUT2D eigenvalue weighted by atomic mass is 32.2. The average molecular weight is 553 g/mol. The summed E-state index contributed by atoms with van der Waals surface area (Å²) < 4.78 is 65.6. The Morgan fingerprint density at radius 3 is 2.58 bits per heavy atom. The lowest BCUT2D eigenvalue weighted by molar-refractivity contribution is -0.137. The number of likely N-dealkylation sites (tertiary alicyclic amines) is 1. The van der Waals surface area contributed by atoms with Crippen LogP contribution in [0.2, 0.25) is 0 Å². The van der Waals surface area contributed by atoms with Gasteiger partial charge in [-0.25, -0.2) is 13.2 Å². The zero-order valence-corrected chi connectivity index (χ0v) is 22.8. The summed E-state index contributed by atoms with van der Waals surface area (Å²) in [6, 6.07) is 3.87. The first kappa shape index (κ1) is 27.2. The van der Waals surface area contributed by atoms with Crippen molar-refractivity contribution in [2.75, 3.05) is 17.6 Å². The summed E-state index contributed by atoms with van der Waals surface area (Å²) in [5, 5.41) is 1.48. The van der Waals surface area contributed by atoms with Crippen molar-refractivity contribution in [1.82, 2.24) is 4.90 Å². The number of nitrogens with one attached hydrogen (secondary N) is 1. The van der Waals surface area contributed by atoms with Gasteiger partial charge in [0, 0.05) is 35.2 Å². The van der Waals surface area contributed by atoms with Gasteiger partial charge in [0.15, 0.2) is 15.6 Å². The van der Waals surface area contributed by atoms with Gasteiger partial charge in [-0.05, 0) is 73.5 Å². The second-order valence-electron chi connectivity index (χ2n) is 12.1. The van der Waals surface area contributed by atoms with E-state index in [-0.39, 0.29) is 35.1 Å². The van der Waals surface area contributed by atoms with Gasteiger partial charge in [-0.3, -0.25) is 9.69 Å². The number of urea groups is 1. The number of amides is 2. The van der Waals surface area contributed by atoms with Crippen molar-refractivity contribution in [3.8, 4) is 0 Å². The molecule has 1 aromatic carbocycles. The van der Waals surface area contributed by atoms with Crippen LogP contribution in [-0.2, 0) is 20.8 Å². The number of alkyl halides is 3. The minimum absolute atomic E-state index is 0.0113. The molecule has 2 saturated carbocycles. The highest BCUT2D eigenvalue weighted by molar-refractivity contribution is 7.92. The Balaban J connectivity index is 1.55. The third-order valence-electron chi connectivity index (χ3n) is 10.0. The number of halogens is 3. The molecule has 38 heavy (non-hydrogen) atoms. The van der Waals surface area contributed by atoms with Crippen LogP contribution < -0.4 is 5.32 Å². The third kappa shape index (κ3) is 4.36. The van der Waals surface area contributed by atoms with E-state index in [2.05, 4.69) is 12.2 Å². The van der Waals surface area contributed by atoms with Gasteiger partial charge in [0.1, 0.15) is 5.25 Å². The molecule has 1 saturated heterocycles. The Morgan fingerprint density at radius 1 is 1.16 bits per heavy atom. The van der Waals surface area contributed by atoms with Crippen molar-refractivity contribution in [2.45, 2.75) is 70.7 Å². The number of fused-ring (bicyclic) bond motifs is 5. The lowest BCUT2D eigenvalue weighted by atomic mass is 9.50. The Hall–Kier alpha value is -2.36. The van der Waals surface area contributed by atoms with Crippen LogP contribution >= 0.6 is 0 Å². The smallest absolute Gasteiger partial charge is 0.308 e. The number of anilines is 1. The van der Waals surface area contributed by atoms with Gasteiger partial charge in [-0.15, -0.1) is 0 Å². The summed E-state index contributed by atoms with van der Waals surface area (Å²) >= 11 is 0. The summed E-state index contributed by atoms with van der Waals surface area (Å²) in [4.78, 5) is 28.3. The number of benzene rings is 1. The van der Waals surface area contributed by atoms with E-state index in [9.17, 15) is 31.2 Å². The third-order valence-corrected chi connectivity index (χ3v) is 12.1. The maximum atomic E-state index is 13.7. The monoisotopic (exact) mass is 552 g/mol. The second kappa shape index (κ2) is 9.10.